The molecule has 0 aromatic heterocycles. The average molecular weight is 271 g/mol. The van der Waals surface area contributed by atoms with Crippen LogP contribution in [-0.2, 0) is 17.8 Å². The van der Waals surface area contributed by atoms with E-state index in [2.05, 4.69) is 26.1 Å². The first-order valence-electron chi connectivity index (χ1n) is 6.56. The van der Waals surface area contributed by atoms with Crippen LogP contribution in [0.2, 0.25) is 0 Å². The third kappa shape index (κ3) is 7.23. The standard InChI is InChI=1S/C15H23F2NO/c1-15(2,3)18-9-8-12-6-4-5-7-13(12)10-19-11-14(16)17/h4-7,14,18H,8-11H2,1-3H3. The van der Waals surface area contributed by atoms with Gasteiger partial charge in [0.2, 0.25) is 0 Å². The van der Waals surface area contributed by atoms with Crippen LogP contribution in [0.5, 0.6) is 0 Å². The summed E-state index contributed by atoms with van der Waals surface area (Å²) >= 11 is 0. The quantitative estimate of drug-likeness (QED) is 0.820. The molecule has 1 aromatic carbocycles. The summed E-state index contributed by atoms with van der Waals surface area (Å²) in [5, 5.41) is 3.41. The maximum atomic E-state index is 12.0. The fraction of sp³-hybridized carbons (Fsp3) is 0.600. The molecule has 1 rings (SSSR count). The molecular formula is C15H23F2NO. The first kappa shape index (κ1) is 16.1. The number of nitrogens with one attached hydrogen (secondary N) is 1. The second kappa shape index (κ2) is 7.56. The Labute approximate surface area is 114 Å². The number of halogens is 2. The van der Waals surface area contributed by atoms with Crippen molar-refractivity contribution in [1.29, 1.82) is 0 Å². The zero-order valence-corrected chi connectivity index (χ0v) is 11.9. The lowest BCUT2D eigenvalue weighted by Crippen LogP contribution is -2.37. The average Bonchev–Trinajstić information content (AvgIpc) is 2.29. The van der Waals surface area contributed by atoms with Gasteiger partial charge in [0.05, 0.1) is 6.61 Å². The van der Waals surface area contributed by atoms with Gasteiger partial charge in [0.15, 0.2) is 0 Å². The first-order chi connectivity index (χ1) is 8.88. The van der Waals surface area contributed by atoms with Gasteiger partial charge in [-0.25, -0.2) is 8.78 Å². The van der Waals surface area contributed by atoms with Gasteiger partial charge >= 0.3 is 0 Å². The molecule has 0 amide bonds. The molecule has 4 heteroatoms. The van der Waals surface area contributed by atoms with E-state index in [1.165, 1.54) is 0 Å². The molecule has 0 atom stereocenters. The summed E-state index contributed by atoms with van der Waals surface area (Å²) in [5.41, 5.74) is 2.22. The highest BCUT2D eigenvalue weighted by Crippen LogP contribution is 2.12. The summed E-state index contributed by atoms with van der Waals surface area (Å²) in [7, 11) is 0. The minimum absolute atomic E-state index is 0.0844. The molecule has 0 spiro atoms. The molecule has 0 bridgehead atoms. The smallest absolute Gasteiger partial charge is 0.261 e. The number of alkyl halides is 2. The van der Waals surface area contributed by atoms with Crippen molar-refractivity contribution in [3.05, 3.63) is 35.4 Å². The molecule has 0 radical (unpaired) electrons. The molecule has 0 aliphatic heterocycles. The lowest BCUT2D eigenvalue weighted by atomic mass is 10.0. The minimum Gasteiger partial charge on any atom is -0.371 e. The molecule has 0 aliphatic carbocycles. The Bertz CT molecular complexity index is 375. The second-order valence-electron chi connectivity index (χ2n) is 5.60. The van der Waals surface area contributed by atoms with E-state index in [0.717, 1.165) is 24.1 Å². The van der Waals surface area contributed by atoms with E-state index in [1.54, 1.807) is 0 Å². The normalized spacial score (nSPS) is 12.1. The largest absolute Gasteiger partial charge is 0.371 e. The van der Waals surface area contributed by atoms with Crippen molar-refractivity contribution in [3.63, 3.8) is 0 Å². The highest BCUT2D eigenvalue weighted by molar-refractivity contribution is 5.26. The van der Waals surface area contributed by atoms with Crippen molar-refractivity contribution in [1.82, 2.24) is 5.32 Å². The van der Waals surface area contributed by atoms with Crippen LogP contribution in [0.3, 0.4) is 0 Å². The number of ether oxygens (including phenoxy) is 1. The molecule has 2 nitrogen and oxygen atoms in total. The van der Waals surface area contributed by atoms with E-state index in [-0.39, 0.29) is 12.1 Å². The topological polar surface area (TPSA) is 21.3 Å². The predicted octanol–water partition coefficient (Wildman–Crippen LogP) is 3.40. The maximum absolute atomic E-state index is 12.0. The maximum Gasteiger partial charge on any atom is 0.261 e. The number of hydrogen-bond donors (Lipinski definition) is 1. The molecule has 1 N–H and O–H groups in total. The minimum atomic E-state index is -2.41. The molecule has 1 aromatic rings. The zero-order chi connectivity index (χ0) is 14.3. The van der Waals surface area contributed by atoms with Gasteiger partial charge in [-0.15, -0.1) is 0 Å². The Kier molecular flexibility index (Phi) is 6.38. The van der Waals surface area contributed by atoms with Crippen LogP contribution in [0.25, 0.3) is 0 Å². The van der Waals surface area contributed by atoms with Gasteiger partial charge in [0.25, 0.3) is 6.43 Å². The fourth-order valence-electron chi connectivity index (χ4n) is 1.77. The third-order valence-electron chi connectivity index (χ3n) is 2.67. The summed E-state index contributed by atoms with van der Waals surface area (Å²) in [6, 6.07) is 7.81. The van der Waals surface area contributed by atoms with Gasteiger partial charge in [-0.05, 0) is 44.9 Å². The van der Waals surface area contributed by atoms with Gasteiger partial charge in [-0.2, -0.15) is 0 Å². The second-order valence-corrected chi connectivity index (χ2v) is 5.60. The molecule has 0 fully saturated rings. The molecule has 0 aliphatic rings. The summed E-state index contributed by atoms with van der Waals surface area (Å²) < 4.78 is 29.1. The van der Waals surface area contributed by atoms with Crippen molar-refractivity contribution < 1.29 is 13.5 Å². The summed E-state index contributed by atoms with van der Waals surface area (Å²) in [6.45, 7) is 6.94. The number of hydrogen-bond acceptors (Lipinski definition) is 2. The highest BCUT2D eigenvalue weighted by atomic mass is 19.3. The third-order valence-corrected chi connectivity index (χ3v) is 2.67. The Morgan fingerprint density at radius 2 is 1.79 bits per heavy atom. The lowest BCUT2D eigenvalue weighted by Gasteiger charge is -2.21. The van der Waals surface area contributed by atoms with Crippen molar-refractivity contribution >= 4 is 0 Å². The Hall–Kier alpha value is -1.00. The predicted molar refractivity (Wildman–Crippen MR) is 73.6 cm³/mol. The zero-order valence-electron chi connectivity index (χ0n) is 11.9. The van der Waals surface area contributed by atoms with E-state index in [0.29, 0.717) is 0 Å². The van der Waals surface area contributed by atoms with Crippen molar-refractivity contribution in [2.75, 3.05) is 13.2 Å². The highest BCUT2D eigenvalue weighted by Gasteiger charge is 2.09. The summed E-state index contributed by atoms with van der Waals surface area (Å²) in [6.07, 6.45) is -1.54. The van der Waals surface area contributed by atoms with Crippen molar-refractivity contribution in [2.45, 2.75) is 45.8 Å². The number of rotatable bonds is 7. The number of benzene rings is 1. The van der Waals surface area contributed by atoms with Crippen LogP contribution in [0.15, 0.2) is 24.3 Å². The van der Waals surface area contributed by atoms with Gasteiger partial charge < -0.3 is 10.1 Å². The Balaban J connectivity index is 2.48. The summed E-state index contributed by atoms with van der Waals surface area (Å²) in [5.74, 6) is 0. The van der Waals surface area contributed by atoms with Gasteiger partial charge in [-0.1, -0.05) is 24.3 Å². The van der Waals surface area contributed by atoms with Crippen LogP contribution >= 0.6 is 0 Å². The van der Waals surface area contributed by atoms with E-state index in [9.17, 15) is 8.78 Å². The van der Waals surface area contributed by atoms with Crippen molar-refractivity contribution in [2.24, 2.45) is 0 Å². The Morgan fingerprint density at radius 3 is 2.37 bits per heavy atom. The molecule has 0 heterocycles. The lowest BCUT2D eigenvalue weighted by molar-refractivity contribution is 0.00966. The van der Waals surface area contributed by atoms with E-state index in [4.69, 9.17) is 4.74 Å². The fourth-order valence-corrected chi connectivity index (χ4v) is 1.77. The molecule has 0 saturated carbocycles. The monoisotopic (exact) mass is 271 g/mol. The van der Waals surface area contributed by atoms with Gasteiger partial charge in [-0.3, -0.25) is 0 Å². The van der Waals surface area contributed by atoms with Gasteiger partial charge in [0, 0.05) is 5.54 Å². The first-order valence-corrected chi connectivity index (χ1v) is 6.56. The SMILES string of the molecule is CC(C)(C)NCCc1ccccc1COCC(F)F. The summed E-state index contributed by atoms with van der Waals surface area (Å²) in [4.78, 5) is 0. The molecule has 0 saturated heterocycles. The van der Waals surface area contributed by atoms with Gasteiger partial charge in [0.1, 0.15) is 6.61 Å². The molecule has 0 unspecified atom stereocenters. The van der Waals surface area contributed by atoms with E-state index in [1.807, 2.05) is 24.3 Å². The molecule has 108 valence electrons. The van der Waals surface area contributed by atoms with E-state index < -0.39 is 13.0 Å². The van der Waals surface area contributed by atoms with Crippen LogP contribution in [0, 0.1) is 0 Å². The Morgan fingerprint density at radius 1 is 1.16 bits per heavy atom. The molecular weight excluding hydrogens is 248 g/mol. The van der Waals surface area contributed by atoms with Crippen molar-refractivity contribution in [3.8, 4) is 0 Å². The van der Waals surface area contributed by atoms with E-state index >= 15 is 0 Å². The van der Waals surface area contributed by atoms with Crippen LogP contribution in [-0.4, -0.2) is 25.1 Å². The van der Waals surface area contributed by atoms with Crippen LogP contribution in [0.1, 0.15) is 31.9 Å². The molecule has 19 heavy (non-hydrogen) atoms. The van der Waals surface area contributed by atoms with Crippen LogP contribution in [0.4, 0.5) is 8.78 Å². The van der Waals surface area contributed by atoms with Crippen LogP contribution < -0.4 is 5.32 Å².